The lowest BCUT2D eigenvalue weighted by molar-refractivity contribution is 0.643. The minimum absolute atomic E-state index is 0.928. The maximum absolute atomic E-state index is 4.15. The number of aromatic nitrogens is 1. The van der Waals surface area contributed by atoms with Crippen LogP contribution < -0.4 is 5.32 Å². The van der Waals surface area contributed by atoms with Crippen molar-refractivity contribution in [3.8, 4) is 0 Å². The molecule has 0 aliphatic carbocycles. The molecule has 0 amide bonds. The van der Waals surface area contributed by atoms with Crippen LogP contribution in [0.2, 0.25) is 0 Å². The zero-order valence-corrected chi connectivity index (χ0v) is 10.2. The van der Waals surface area contributed by atoms with E-state index in [0.717, 1.165) is 18.4 Å². The number of aryl methyl sites for hydroxylation is 1. The highest BCUT2D eigenvalue weighted by molar-refractivity contribution is 9.09. The molecule has 0 saturated carbocycles. The Bertz CT molecular complexity index is 263. The lowest BCUT2D eigenvalue weighted by Crippen LogP contribution is -2.14. The molecule has 0 spiro atoms. The first kappa shape index (κ1) is 11.7. The van der Waals surface area contributed by atoms with E-state index < -0.39 is 0 Å². The van der Waals surface area contributed by atoms with Crippen LogP contribution in [0.4, 0.5) is 0 Å². The molecular weight excluding hydrogens is 240 g/mol. The molecular formula is C11H17BrN2. The standard InChI is InChI=1S/C11H17BrN2/c1-10-6-11(9-14-7-10)8-13-5-3-2-4-12/h6-7,9,13H,2-5,8H2,1H3. The Morgan fingerprint density at radius 1 is 1.36 bits per heavy atom. The van der Waals surface area contributed by atoms with E-state index >= 15 is 0 Å². The molecule has 0 unspecified atom stereocenters. The van der Waals surface area contributed by atoms with Crippen molar-refractivity contribution in [1.29, 1.82) is 0 Å². The maximum atomic E-state index is 4.15. The van der Waals surface area contributed by atoms with Gasteiger partial charge in [0, 0.05) is 24.3 Å². The molecule has 1 N–H and O–H groups in total. The second kappa shape index (κ2) is 6.96. The minimum Gasteiger partial charge on any atom is -0.313 e. The SMILES string of the molecule is Cc1cncc(CNCCCCBr)c1. The lowest BCUT2D eigenvalue weighted by Gasteiger charge is -2.04. The Kier molecular flexibility index (Phi) is 5.80. The molecule has 1 rings (SSSR count). The summed E-state index contributed by atoms with van der Waals surface area (Å²) in [6.07, 6.45) is 6.27. The van der Waals surface area contributed by atoms with Gasteiger partial charge in [-0.05, 0) is 37.4 Å². The highest BCUT2D eigenvalue weighted by atomic mass is 79.9. The lowest BCUT2D eigenvalue weighted by atomic mass is 10.2. The number of unbranched alkanes of at least 4 members (excludes halogenated alkanes) is 1. The van der Waals surface area contributed by atoms with Crippen molar-refractivity contribution in [2.24, 2.45) is 0 Å². The first-order valence-corrected chi connectivity index (χ1v) is 6.12. The van der Waals surface area contributed by atoms with Crippen molar-refractivity contribution in [3.05, 3.63) is 29.6 Å². The first-order chi connectivity index (χ1) is 6.83. The number of hydrogen-bond donors (Lipinski definition) is 1. The summed E-state index contributed by atoms with van der Waals surface area (Å²) in [5.41, 5.74) is 2.49. The van der Waals surface area contributed by atoms with E-state index in [2.05, 4.69) is 39.2 Å². The summed E-state index contributed by atoms with van der Waals surface area (Å²) < 4.78 is 0. The number of nitrogens with zero attached hydrogens (tertiary/aromatic N) is 1. The highest BCUT2D eigenvalue weighted by Crippen LogP contribution is 2.00. The van der Waals surface area contributed by atoms with Gasteiger partial charge < -0.3 is 5.32 Å². The predicted octanol–water partition coefficient (Wildman–Crippen LogP) is 2.65. The fourth-order valence-electron chi connectivity index (χ4n) is 1.29. The van der Waals surface area contributed by atoms with E-state index in [1.165, 1.54) is 24.0 Å². The molecule has 0 saturated heterocycles. The van der Waals surface area contributed by atoms with Gasteiger partial charge in [-0.15, -0.1) is 0 Å². The van der Waals surface area contributed by atoms with Crippen LogP contribution in [-0.4, -0.2) is 16.9 Å². The Hall–Kier alpha value is -0.410. The first-order valence-electron chi connectivity index (χ1n) is 5.00. The summed E-state index contributed by atoms with van der Waals surface area (Å²) in [5.74, 6) is 0. The topological polar surface area (TPSA) is 24.9 Å². The second-order valence-corrected chi connectivity index (χ2v) is 4.24. The summed E-state index contributed by atoms with van der Waals surface area (Å²) >= 11 is 3.42. The molecule has 14 heavy (non-hydrogen) atoms. The fraction of sp³-hybridized carbons (Fsp3) is 0.545. The van der Waals surface area contributed by atoms with E-state index in [1.54, 1.807) is 0 Å². The summed E-state index contributed by atoms with van der Waals surface area (Å²) in [6.45, 7) is 4.08. The van der Waals surface area contributed by atoms with Crippen molar-refractivity contribution in [2.45, 2.75) is 26.3 Å². The molecule has 1 aromatic heterocycles. The molecule has 0 radical (unpaired) electrons. The number of hydrogen-bond acceptors (Lipinski definition) is 2. The van der Waals surface area contributed by atoms with Gasteiger partial charge in [0.05, 0.1) is 0 Å². The molecule has 3 heteroatoms. The molecule has 78 valence electrons. The van der Waals surface area contributed by atoms with Crippen molar-refractivity contribution in [2.75, 3.05) is 11.9 Å². The third-order valence-electron chi connectivity index (χ3n) is 2.00. The van der Waals surface area contributed by atoms with E-state index in [0.29, 0.717) is 0 Å². The summed E-state index contributed by atoms with van der Waals surface area (Å²) in [4.78, 5) is 4.15. The van der Waals surface area contributed by atoms with Crippen LogP contribution in [0.5, 0.6) is 0 Å². The van der Waals surface area contributed by atoms with Gasteiger partial charge in [0.25, 0.3) is 0 Å². The van der Waals surface area contributed by atoms with Gasteiger partial charge in [0.15, 0.2) is 0 Å². The molecule has 0 fully saturated rings. The van der Waals surface area contributed by atoms with Crippen LogP contribution in [-0.2, 0) is 6.54 Å². The Morgan fingerprint density at radius 3 is 2.93 bits per heavy atom. The maximum Gasteiger partial charge on any atom is 0.0313 e. The van der Waals surface area contributed by atoms with Crippen molar-refractivity contribution < 1.29 is 0 Å². The van der Waals surface area contributed by atoms with Gasteiger partial charge in [-0.25, -0.2) is 0 Å². The molecule has 0 atom stereocenters. The second-order valence-electron chi connectivity index (χ2n) is 3.44. The van der Waals surface area contributed by atoms with Gasteiger partial charge in [0.2, 0.25) is 0 Å². The summed E-state index contributed by atoms with van der Waals surface area (Å²) in [6, 6.07) is 2.17. The van der Waals surface area contributed by atoms with Crippen LogP contribution in [0.15, 0.2) is 18.5 Å². The van der Waals surface area contributed by atoms with Gasteiger partial charge in [0.1, 0.15) is 0 Å². The quantitative estimate of drug-likeness (QED) is 0.626. The van der Waals surface area contributed by atoms with Gasteiger partial charge in [-0.2, -0.15) is 0 Å². The Balaban J connectivity index is 2.18. The number of rotatable bonds is 6. The molecule has 1 heterocycles. The van der Waals surface area contributed by atoms with Gasteiger partial charge in [-0.3, -0.25) is 4.98 Å². The van der Waals surface area contributed by atoms with Crippen molar-refractivity contribution >= 4 is 15.9 Å². The summed E-state index contributed by atoms with van der Waals surface area (Å²) in [7, 11) is 0. The monoisotopic (exact) mass is 256 g/mol. The van der Waals surface area contributed by atoms with Crippen molar-refractivity contribution in [3.63, 3.8) is 0 Å². The van der Waals surface area contributed by atoms with E-state index in [4.69, 9.17) is 0 Å². The average molecular weight is 257 g/mol. The van der Waals surface area contributed by atoms with Crippen LogP contribution in [0.25, 0.3) is 0 Å². The van der Waals surface area contributed by atoms with Gasteiger partial charge in [-0.1, -0.05) is 22.0 Å². The highest BCUT2D eigenvalue weighted by Gasteiger charge is 1.93. The molecule has 0 bridgehead atoms. The van der Waals surface area contributed by atoms with Crippen LogP contribution >= 0.6 is 15.9 Å². The molecule has 0 aromatic carbocycles. The van der Waals surface area contributed by atoms with E-state index in [9.17, 15) is 0 Å². The zero-order chi connectivity index (χ0) is 10.2. The number of alkyl halides is 1. The minimum atomic E-state index is 0.928. The third-order valence-corrected chi connectivity index (χ3v) is 2.56. The van der Waals surface area contributed by atoms with E-state index in [1.807, 2.05) is 12.4 Å². The van der Waals surface area contributed by atoms with Crippen LogP contribution in [0, 0.1) is 6.92 Å². The Labute approximate surface area is 94.3 Å². The smallest absolute Gasteiger partial charge is 0.0313 e. The Morgan fingerprint density at radius 2 is 2.21 bits per heavy atom. The van der Waals surface area contributed by atoms with Crippen LogP contribution in [0.1, 0.15) is 24.0 Å². The summed E-state index contributed by atoms with van der Waals surface area (Å²) in [5, 5.41) is 4.50. The number of nitrogens with one attached hydrogen (secondary N) is 1. The molecule has 0 aliphatic rings. The molecule has 0 aliphatic heterocycles. The van der Waals surface area contributed by atoms with E-state index in [-0.39, 0.29) is 0 Å². The fourth-order valence-corrected chi connectivity index (χ4v) is 1.69. The largest absolute Gasteiger partial charge is 0.313 e. The molecule has 1 aromatic rings. The number of pyridine rings is 1. The molecule has 2 nitrogen and oxygen atoms in total. The normalized spacial score (nSPS) is 10.4. The van der Waals surface area contributed by atoms with Crippen molar-refractivity contribution in [1.82, 2.24) is 10.3 Å². The number of halogens is 1. The van der Waals surface area contributed by atoms with Gasteiger partial charge >= 0.3 is 0 Å². The van der Waals surface area contributed by atoms with Crippen LogP contribution in [0.3, 0.4) is 0 Å². The third kappa shape index (κ3) is 4.72. The predicted molar refractivity (Wildman–Crippen MR) is 63.7 cm³/mol. The zero-order valence-electron chi connectivity index (χ0n) is 8.59. The average Bonchev–Trinajstić information content (AvgIpc) is 2.18.